The molecule has 1 N–H and O–H groups in total. The molecular weight excluding hydrogens is 236 g/mol. The van der Waals surface area contributed by atoms with Gasteiger partial charge in [-0.15, -0.1) is 0 Å². The van der Waals surface area contributed by atoms with Gasteiger partial charge < -0.3 is 10.1 Å². The van der Waals surface area contributed by atoms with Crippen molar-refractivity contribution in [2.24, 2.45) is 0 Å². The fourth-order valence-corrected chi connectivity index (χ4v) is 1.93. The molecule has 0 bridgehead atoms. The summed E-state index contributed by atoms with van der Waals surface area (Å²) in [6.45, 7) is 4.98. The minimum absolute atomic E-state index is 0.670. The quantitative estimate of drug-likeness (QED) is 0.889. The lowest BCUT2D eigenvalue weighted by molar-refractivity contribution is 0.458. The molecule has 0 unspecified atom stereocenters. The first-order valence-electron chi connectivity index (χ1n) is 6.60. The maximum Gasteiger partial charge on any atom is 0.222 e. The average Bonchev–Trinajstić information content (AvgIpc) is 2.43. The summed E-state index contributed by atoms with van der Waals surface area (Å²) < 4.78 is 5.81. The van der Waals surface area contributed by atoms with Crippen molar-refractivity contribution in [3.05, 3.63) is 53.2 Å². The molecule has 0 radical (unpaired) electrons. The van der Waals surface area contributed by atoms with Gasteiger partial charge in [-0.25, -0.2) is 4.98 Å². The molecular formula is C16H20N2O. The zero-order valence-electron chi connectivity index (χ0n) is 11.7. The van der Waals surface area contributed by atoms with Gasteiger partial charge in [0.15, 0.2) is 0 Å². The second kappa shape index (κ2) is 6.34. The molecule has 3 nitrogen and oxygen atoms in total. The maximum absolute atomic E-state index is 5.81. The van der Waals surface area contributed by atoms with Gasteiger partial charge in [0.25, 0.3) is 0 Å². The highest BCUT2D eigenvalue weighted by Gasteiger charge is 2.04. The first kappa shape index (κ1) is 13.6. The Labute approximate surface area is 114 Å². The van der Waals surface area contributed by atoms with E-state index in [0.717, 1.165) is 29.8 Å². The minimum Gasteiger partial charge on any atom is -0.439 e. The third-order valence-corrected chi connectivity index (χ3v) is 3.01. The van der Waals surface area contributed by atoms with Crippen LogP contribution in [-0.4, -0.2) is 12.0 Å². The van der Waals surface area contributed by atoms with E-state index in [4.69, 9.17) is 4.74 Å². The first-order valence-corrected chi connectivity index (χ1v) is 6.60. The Morgan fingerprint density at radius 1 is 1.16 bits per heavy atom. The number of hydrogen-bond donors (Lipinski definition) is 1. The Hall–Kier alpha value is -1.87. The van der Waals surface area contributed by atoms with Crippen LogP contribution in [0.15, 0.2) is 36.5 Å². The van der Waals surface area contributed by atoms with Crippen molar-refractivity contribution in [2.45, 2.75) is 26.8 Å². The SMILES string of the molecule is CCc1ccc(Oc2ncc(CNC)cc2C)cc1. The molecule has 0 saturated carbocycles. The number of pyridine rings is 1. The van der Waals surface area contributed by atoms with E-state index in [-0.39, 0.29) is 0 Å². The molecule has 0 aliphatic rings. The standard InChI is InChI=1S/C16H20N2O/c1-4-13-5-7-15(8-6-13)19-16-12(2)9-14(10-17-3)11-18-16/h5-9,11,17H,4,10H2,1-3H3. The number of rotatable bonds is 5. The molecule has 2 rings (SSSR count). The van der Waals surface area contributed by atoms with Crippen LogP contribution in [0.5, 0.6) is 11.6 Å². The van der Waals surface area contributed by atoms with E-state index in [9.17, 15) is 0 Å². The fraction of sp³-hybridized carbons (Fsp3) is 0.312. The summed E-state index contributed by atoms with van der Waals surface area (Å²) in [5.74, 6) is 1.50. The number of aromatic nitrogens is 1. The van der Waals surface area contributed by atoms with Gasteiger partial charge in [0.1, 0.15) is 5.75 Å². The molecule has 100 valence electrons. The summed E-state index contributed by atoms with van der Waals surface area (Å²) in [5, 5.41) is 3.11. The largest absolute Gasteiger partial charge is 0.439 e. The number of hydrogen-bond acceptors (Lipinski definition) is 3. The topological polar surface area (TPSA) is 34.1 Å². The summed E-state index contributed by atoms with van der Waals surface area (Å²) in [5.41, 5.74) is 3.52. The Kier molecular flexibility index (Phi) is 4.53. The van der Waals surface area contributed by atoms with Crippen molar-refractivity contribution < 1.29 is 4.74 Å². The minimum atomic E-state index is 0.670. The normalized spacial score (nSPS) is 10.5. The molecule has 3 heteroatoms. The Morgan fingerprint density at radius 2 is 1.89 bits per heavy atom. The Morgan fingerprint density at radius 3 is 2.47 bits per heavy atom. The van der Waals surface area contributed by atoms with Gasteiger partial charge in [0, 0.05) is 18.3 Å². The van der Waals surface area contributed by atoms with Crippen molar-refractivity contribution >= 4 is 0 Å². The van der Waals surface area contributed by atoms with E-state index in [1.165, 1.54) is 5.56 Å². The summed E-state index contributed by atoms with van der Waals surface area (Å²) in [6, 6.07) is 10.2. The molecule has 0 aliphatic carbocycles. The van der Waals surface area contributed by atoms with E-state index in [0.29, 0.717) is 5.88 Å². The smallest absolute Gasteiger partial charge is 0.222 e. The second-order valence-electron chi connectivity index (χ2n) is 4.60. The average molecular weight is 256 g/mol. The molecule has 0 aliphatic heterocycles. The van der Waals surface area contributed by atoms with Crippen LogP contribution in [0, 0.1) is 6.92 Å². The van der Waals surface area contributed by atoms with Gasteiger partial charge in [-0.05, 0) is 49.7 Å². The second-order valence-corrected chi connectivity index (χ2v) is 4.60. The van der Waals surface area contributed by atoms with E-state index in [1.807, 2.05) is 32.3 Å². The highest BCUT2D eigenvalue weighted by molar-refractivity contribution is 5.35. The van der Waals surface area contributed by atoms with E-state index >= 15 is 0 Å². The van der Waals surface area contributed by atoms with Crippen LogP contribution in [0.1, 0.15) is 23.6 Å². The highest BCUT2D eigenvalue weighted by atomic mass is 16.5. The lowest BCUT2D eigenvalue weighted by atomic mass is 10.2. The van der Waals surface area contributed by atoms with E-state index in [1.54, 1.807) is 0 Å². The van der Waals surface area contributed by atoms with Gasteiger partial charge in [0.05, 0.1) is 0 Å². The van der Waals surface area contributed by atoms with Crippen LogP contribution < -0.4 is 10.1 Å². The molecule has 1 aromatic carbocycles. The summed E-state index contributed by atoms with van der Waals surface area (Å²) in [4.78, 5) is 4.37. The first-order chi connectivity index (χ1) is 9.22. The summed E-state index contributed by atoms with van der Waals surface area (Å²) >= 11 is 0. The molecule has 19 heavy (non-hydrogen) atoms. The molecule has 1 aromatic heterocycles. The molecule has 1 heterocycles. The molecule has 0 amide bonds. The van der Waals surface area contributed by atoms with E-state index < -0.39 is 0 Å². The third-order valence-electron chi connectivity index (χ3n) is 3.01. The summed E-state index contributed by atoms with van der Waals surface area (Å²) in [6.07, 6.45) is 2.88. The number of aryl methyl sites for hydroxylation is 2. The van der Waals surface area contributed by atoms with Crippen molar-refractivity contribution in [1.82, 2.24) is 10.3 Å². The zero-order valence-corrected chi connectivity index (χ0v) is 11.7. The van der Waals surface area contributed by atoms with Crippen molar-refractivity contribution in [2.75, 3.05) is 7.05 Å². The lowest BCUT2D eigenvalue weighted by Gasteiger charge is -2.09. The fourth-order valence-electron chi connectivity index (χ4n) is 1.93. The number of nitrogens with zero attached hydrogens (tertiary/aromatic N) is 1. The van der Waals surface area contributed by atoms with Gasteiger partial charge >= 0.3 is 0 Å². The molecule has 2 aromatic rings. The van der Waals surface area contributed by atoms with Gasteiger partial charge in [-0.1, -0.05) is 19.1 Å². The molecule has 0 spiro atoms. The predicted molar refractivity (Wildman–Crippen MR) is 77.6 cm³/mol. The molecule has 0 fully saturated rings. The van der Waals surface area contributed by atoms with Gasteiger partial charge in [-0.3, -0.25) is 0 Å². The lowest BCUT2D eigenvalue weighted by Crippen LogP contribution is -2.06. The highest BCUT2D eigenvalue weighted by Crippen LogP contribution is 2.23. The Bertz CT molecular complexity index is 535. The number of benzene rings is 1. The van der Waals surface area contributed by atoms with Crippen LogP contribution in [0.25, 0.3) is 0 Å². The van der Waals surface area contributed by atoms with Crippen LogP contribution in [0.4, 0.5) is 0 Å². The monoisotopic (exact) mass is 256 g/mol. The van der Waals surface area contributed by atoms with Crippen LogP contribution in [0.2, 0.25) is 0 Å². The zero-order chi connectivity index (χ0) is 13.7. The van der Waals surface area contributed by atoms with Crippen molar-refractivity contribution in [1.29, 1.82) is 0 Å². The predicted octanol–water partition coefficient (Wildman–Crippen LogP) is 3.46. The van der Waals surface area contributed by atoms with Gasteiger partial charge in [-0.2, -0.15) is 0 Å². The molecule has 0 saturated heterocycles. The number of nitrogens with one attached hydrogen (secondary N) is 1. The Balaban J connectivity index is 2.13. The molecule has 0 atom stereocenters. The third kappa shape index (κ3) is 3.55. The van der Waals surface area contributed by atoms with Crippen LogP contribution >= 0.6 is 0 Å². The van der Waals surface area contributed by atoms with Gasteiger partial charge in [0.2, 0.25) is 5.88 Å². The van der Waals surface area contributed by atoms with Crippen LogP contribution in [-0.2, 0) is 13.0 Å². The van der Waals surface area contributed by atoms with Crippen molar-refractivity contribution in [3.63, 3.8) is 0 Å². The number of ether oxygens (including phenoxy) is 1. The summed E-state index contributed by atoms with van der Waals surface area (Å²) in [7, 11) is 1.93. The van der Waals surface area contributed by atoms with Crippen molar-refractivity contribution in [3.8, 4) is 11.6 Å². The van der Waals surface area contributed by atoms with E-state index in [2.05, 4.69) is 35.4 Å². The maximum atomic E-state index is 5.81. The van der Waals surface area contributed by atoms with Crippen LogP contribution in [0.3, 0.4) is 0 Å².